The van der Waals surface area contributed by atoms with Gasteiger partial charge in [-0.1, -0.05) is 0 Å². The Morgan fingerprint density at radius 3 is 0.746 bits per heavy atom. The predicted octanol–water partition coefficient (Wildman–Crippen LogP) is 13.6. The van der Waals surface area contributed by atoms with Gasteiger partial charge in [0.2, 0.25) is 0 Å². The van der Waals surface area contributed by atoms with Crippen LogP contribution in [-0.2, 0) is 16.2 Å². The number of hydrogen-bond donors (Lipinski definition) is 3. The molecule has 0 atom stereocenters. The van der Waals surface area contributed by atoms with E-state index in [-0.39, 0.29) is 33.3 Å². The molecule has 330 valence electrons. The summed E-state index contributed by atoms with van der Waals surface area (Å²) in [5.41, 5.74) is 20.9. The highest BCUT2D eigenvalue weighted by molar-refractivity contribution is 5.72. The monoisotopic (exact) mass is 855 g/mol. The van der Waals surface area contributed by atoms with E-state index in [9.17, 15) is 0 Å². The number of rotatable bonds is 9. The number of ether oxygens (including phenoxy) is 3. The maximum Gasteiger partial charge on any atom is 0.149 e. The highest BCUT2D eigenvalue weighted by Crippen LogP contribution is 2.73. The van der Waals surface area contributed by atoms with E-state index < -0.39 is 17.5 Å². The van der Waals surface area contributed by atoms with Crippen molar-refractivity contribution < 1.29 is 27.4 Å². The van der Waals surface area contributed by atoms with Crippen molar-refractivity contribution in [1.82, 2.24) is 0 Å². The molecule has 12 bridgehead atoms. The highest BCUT2D eigenvalue weighted by Gasteiger charge is 2.61. The molecule has 12 fully saturated rings. The smallest absolute Gasteiger partial charge is 0.149 e. The minimum Gasteiger partial charge on any atom is -0.456 e. The van der Waals surface area contributed by atoms with E-state index in [2.05, 4.69) is 0 Å². The molecule has 12 saturated carbocycles. The van der Waals surface area contributed by atoms with Crippen molar-refractivity contribution in [2.75, 3.05) is 17.2 Å². The van der Waals surface area contributed by atoms with Crippen molar-refractivity contribution in [3.8, 4) is 34.5 Å². The van der Waals surface area contributed by atoms with Gasteiger partial charge in [0.1, 0.15) is 51.9 Å². The Balaban J connectivity index is 1.18. The summed E-state index contributed by atoms with van der Waals surface area (Å²) in [6, 6.07) is 14.4. The second-order valence-electron chi connectivity index (χ2n) is 23.1. The minimum absolute atomic E-state index is 0.0610. The topological polar surface area (TPSA) is 106 Å². The summed E-state index contributed by atoms with van der Waals surface area (Å²) in [6.07, 6.45) is 20.3. The Kier molecular flexibility index (Phi) is 8.48. The first-order valence-electron chi connectivity index (χ1n) is 24.3. The van der Waals surface area contributed by atoms with E-state index in [0.29, 0.717) is 87.8 Å². The number of hydrogen-bond acceptors (Lipinski definition) is 6. The number of nitrogen functional groups attached to an aromatic ring is 3. The second-order valence-corrected chi connectivity index (χ2v) is 23.1. The molecule has 0 saturated heterocycles. The molecular weight excluding hydrogens is 796 g/mol. The lowest BCUT2D eigenvalue weighted by Crippen LogP contribution is -2.52. The van der Waals surface area contributed by atoms with E-state index in [4.69, 9.17) is 31.4 Å². The van der Waals surface area contributed by atoms with Crippen LogP contribution >= 0.6 is 0 Å². The summed E-state index contributed by atoms with van der Waals surface area (Å²) < 4.78 is 69.8. The molecule has 16 rings (SSSR count). The molecule has 0 spiro atoms. The van der Waals surface area contributed by atoms with Crippen LogP contribution in [0.25, 0.3) is 0 Å². The Labute approximate surface area is 368 Å². The Bertz CT molecular complexity index is 2150. The molecule has 0 aliphatic heterocycles. The SMILES string of the molecule is Nc1ccc(Oc2c(C34CC5CC(CC(C5)C3)C4)c(Oc3ccc(N)c(F)c3)c(C34CC5CC(CC(C5)C3)C4)c(Oc3ccc(N)c(F)c3)c2C23CC4CC(CC(C4)C2)C3)cc1F. The van der Waals surface area contributed by atoms with E-state index >= 15 is 13.2 Å². The lowest BCUT2D eigenvalue weighted by atomic mass is 9.44. The molecule has 0 unspecified atom stereocenters. The van der Waals surface area contributed by atoms with Crippen LogP contribution in [0.4, 0.5) is 30.2 Å². The van der Waals surface area contributed by atoms with Crippen molar-refractivity contribution >= 4 is 17.1 Å². The van der Waals surface area contributed by atoms with Crippen LogP contribution < -0.4 is 31.4 Å². The van der Waals surface area contributed by atoms with E-state index in [1.807, 2.05) is 0 Å². The maximum atomic E-state index is 15.7. The molecular formula is C54H60F3N3O3. The molecule has 12 aliphatic rings. The van der Waals surface area contributed by atoms with Gasteiger partial charge < -0.3 is 31.4 Å². The summed E-state index contributed by atoms with van der Waals surface area (Å²) in [5, 5.41) is 0. The fourth-order valence-electron chi connectivity index (χ4n) is 17.8. The van der Waals surface area contributed by atoms with Gasteiger partial charge in [-0.05, 0) is 205 Å². The van der Waals surface area contributed by atoms with Crippen LogP contribution in [0.2, 0.25) is 0 Å². The number of benzene rings is 4. The predicted molar refractivity (Wildman–Crippen MR) is 239 cm³/mol. The lowest BCUT2D eigenvalue weighted by Gasteiger charge is -2.61. The van der Waals surface area contributed by atoms with Crippen molar-refractivity contribution in [3.63, 3.8) is 0 Å². The van der Waals surface area contributed by atoms with Gasteiger partial charge in [-0.3, -0.25) is 0 Å². The normalized spacial score (nSPS) is 37.5. The zero-order valence-corrected chi connectivity index (χ0v) is 36.2. The first kappa shape index (κ1) is 38.9. The fraction of sp³-hybridized carbons (Fsp3) is 0.556. The van der Waals surface area contributed by atoms with Crippen LogP contribution in [0, 0.1) is 70.7 Å². The standard InChI is InChI=1S/C54H60F3N3O3/c55-40-16-37(1-4-43(40)58)61-49-46(52-19-28-7-29(20-52)9-30(8-28)21-52)50(62-38-2-5-44(59)41(56)17-38)48(54-25-34-13-35(26-54)15-36(14-34)27-54)51(63-39-3-6-45(60)42(57)18-39)47(49)53-22-31-10-32(23-53)12-33(11-31)24-53/h1-6,16-18,28-36H,7-15,19-27,58-60H2. The average molecular weight is 856 g/mol. The molecule has 0 radical (unpaired) electrons. The van der Waals surface area contributed by atoms with Gasteiger partial charge in [0, 0.05) is 51.1 Å². The summed E-state index contributed by atoms with van der Waals surface area (Å²) in [6.45, 7) is 0. The van der Waals surface area contributed by atoms with Crippen LogP contribution in [0.5, 0.6) is 34.5 Å². The van der Waals surface area contributed by atoms with Crippen LogP contribution in [0.1, 0.15) is 132 Å². The van der Waals surface area contributed by atoms with Gasteiger partial charge in [0.25, 0.3) is 0 Å². The zero-order chi connectivity index (χ0) is 42.6. The van der Waals surface area contributed by atoms with Gasteiger partial charge in [0.05, 0.1) is 17.1 Å². The number of nitrogens with two attached hydrogens (primary N) is 3. The summed E-state index contributed by atoms with van der Waals surface area (Å²) in [5.74, 6) is 6.90. The Hall–Kier alpha value is -4.53. The average Bonchev–Trinajstić information content (AvgIpc) is 3.20. The molecule has 12 aliphatic carbocycles. The van der Waals surface area contributed by atoms with Crippen molar-refractivity contribution in [1.29, 1.82) is 0 Å². The molecule has 63 heavy (non-hydrogen) atoms. The van der Waals surface area contributed by atoms with Crippen LogP contribution in [0.15, 0.2) is 54.6 Å². The number of halogens is 3. The largest absolute Gasteiger partial charge is 0.456 e. The minimum atomic E-state index is -0.534. The van der Waals surface area contributed by atoms with E-state index in [0.717, 1.165) is 74.5 Å². The maximum absolute atomic E-state index is 15.7. The second kappa shape index (κ2) is 13.7. The molecule has 4 aromatic rings. The Morgan fingerprint density at radius 2 is 0.556 bits per heavy atom. The van der Waals surface area contributed by atoms with Gasteiger partial charge in [-0.15, -0.1) is 0 Å². The molecule has 9 heteroatoms. The van der Waals surface area contributed by atoms with E-state index in [1.165, 1.54) is 76.0 Å². The third kappa shape index (κ3) is 6.16. The van der Waals surface area contributed by atoms with Gasteiger partial charge in [-0.2, -0.15) is 0 Å². The van der Waals surface area contributed by atoms with E-state index in [1.54, 1.807) is 36.4 Å². The third-order valence-corrected chi connectivity index (χ3v) is 18.6. The third-order valence-electron chi connectivity index (χ3n) is 18.6. The lowest BCUT2D eigenvalue weighted by molar-refractivity contribution is -0.0152. The number of anilines is 3. The molecule has 6 nitrogen and oxygen atoms in total. The fourth-order valence-corrected chi connectivity index (χ4v) is 17.8. The van der Waals surface area contributed by atoms with Crippen molar-refractivity contribution in [2.45, 2.75) is 132 Å². The van der Waals surface area contributed by atoms with Crippen molar-refractivity contribution in [2.24, 2.45) is 53.3 Å². The van der Waals surface area contributed by atoms with Gasteiger partial charge in [-0.25, -0.2) is 13.2 Å². The summed E-state index contributed by atoms with van der Waals surface area (Å²) >= 11 is 0. The molecule has 4 aromatic carbocycles. The summed E-state index contributed by atoms with van der Waals surface area (Å²) in [4.78, 5) is 0. The molecule has 0 aromatic heterocycles. The molecule has 0 heterocycles. The van der Waals surface area contributed by atoms with Gasteiger partial charge >= 0.3 is 0 Å². The van der Waals surface area contributed by atoms with Crippen molar-refractivity contribution in [3.05, 3.63) is 88.7 Å². The van der Waals surface area contributed by atoms with Crippen LogP contribution in [-0.4, -0.2) is 0 Å². The first-order valence-corrected chi connectivity index (χ1v) is 24.3. The molecule has 0 amide bonds. The molecule has 6 N–H and O–H groups in total. The van der Waals surface area contributed by atoms with Crippen LogP contribution in [0.3, 0.4) is 0 Å². The zero-order valence-electron chi connectivity index (χ0n) is 36.2. The summed E-state index contributed by atoms with van der Waals surface area (Å²) in [7, 11) is 0. The quantitative estimate of drug-likeness (QED) is 0.145. The highest BCUT2D eigenvalue weighted by atomic mass is 19.1. The Morgan fingerprint density at radius 1 is 0.349 bits per heavy atom. The van der Waals surface area contributed by atoms with Gasteiger partial charge in [0.15, 0.2) is 0 Å². The first-order chi connectivity index (χ1) is 30.4.